The van der Waals surface area contributed by atoms with Crippen LogP contribution in [-0.4, -0.2) is 26.3 Å². The maximum atomic E-state index is 12.3. The zero-order valence-electron chi connectivity index (χ0n) is 13.2. The third-order valence-corrected chi connectivity index (χ3v) is 3.75. The van der Waals surface area contributed by atoms with Crippen LogP contribution in [0.5, 0.6) is 17.2 Å². The van der Waals surface area contributed by atoms with Crippen molar-refractivity contribution in [2.24, 2.45) is 0 Å². The van der Waals surface area contributed by atoms with Crippen LogP contribution in [0.1, 0.15) is 0 Å². The molecule has 23 heavy (non-hydrogen) atoms. The summed E-state index contributed by atoms with van der Waals surface area (Å²) in [6.45, 7) is 0. The lowest BCUT2D eigenvalue weighted by atomic mass is 10.1. The standard InChI is InChI=1S/C18H17NO4/c1-21-15-10-17(23-3)16(22-2)9-13(15)14-8-11-6-4-5-7-12(11)18(20)19-14/h4-10H,1-3H3,(H,19,20). The molecule has 0 amide bonds. The Morgan fingerprint density at radius 1 is 0.826 bits per heavy atom. The summed E-state index contributed by atoms with van der Waals surface area (Å²) in [5.41, 5.74) is 1.24. The first-order valence-corrected chi connectivity index (χ1v) is 7.10. The molecule has 0 aliphatic carbocycles. The second-order valence-electron chi connectivity index (χ2n) is 5.01. The second-order valence-corrected chi connectivity index (χ2v) is 5.01. The van der Waals surface area contributed by atoms with Crippen LogP contribution in [0, 0.1) is 0 Å². The largest absolute Gasteiger partial charge is 0.496 e. The number of hydrogen-bond acceptors (Lipinski definition) is 4. The first-order chi connectivity index (χ1) is 11.2. The van der Waals surface area contributed by atoms with E-state index in [2.05, 4.69) is 4.98 Å². The average Bonchev–Trinajstić information content (AvgIpc) is 2.60. The molecule has 0 aliphatic rings. The van der Waals surface area contributed by atoms with Gasteiger partial charge in [0.05, 0.1) is 27.0 Å². The van der Waals surface area contributed by atoms with E-state index in [0.29, 0.717) is 28.3 Å². The molecule has 1 heterocycles. The molecule has 0 radical (unpaired) electrons. The molecule has 0 fully saturated rings. The van der Waals surface area contributed by atoms with Gasteiger partial charge in [-0.3, -0.25) is 4.79 Å². The van der Waals surface area contributed by atoms with Gasteiger partial charge in [0.2, 0.25) is 0 Å². The number of nitrogens with one attached hydrogen (secondary N) is 1. The number of fused-ring (bicyclic) bond motifs is 1. The van der Waals surface area contributed by atoms with Crippen LogP contribution in [0.4, 0.5) is 0 Å². The van der Waals surface area contributed by atoms with Crippen molar-refractivity contribution in [3.05, 3.63) is 52.8 Å². The van der Waals surface area contributed by atoms with Gasteiger partial charge in [0.25, 0.3) is 5.56 Å². The maximum Gasteiger partial charge on any atom is 0.256 e. The predicted molar refractivity (Wildman–Crippen MR) is 89.7 cm³/mol. The topological polar surface area (TPSA) is 60.5 Å². The monoisotopic (exact) mass is 311 g/mol. The highest BCUT2D eigenvalue weighted by atomic mass is 16.5. The molecule has 2 aromatic carbocycles. The summed E-state index contributed by atoms with van der Waals surface area (Å²) in [4.78, 5) is 15.2. The van der Waals surface area contributed by atoms with E-state index in [1.165, 1.54) is 0 Å². The van der Waals surface area contributed by atoms with Gasteiger partial charge in [0.15, 0.2) is 11.5 Å². The number of benzene rings is 2. The van der Waals surface area contributed by atoms with Gasteiger partial charge in [-0.25, -0.2) is 0 Å². The highest BCUT2D eigenvalue weighted by Gasteiger charge is 2.15. The molecule has 1 aromatic heterocycles. The molecule has 0 unspecified atom stereocenters. The van der Waals surface area contributed by atoms with E-state index in [-0.39, 0.29) is 5.56 Å². The Labute approximate surface area is 133 Å². The van der Waals surface area contributed by atoms with Gasteiger partial charge in [0.1, 0.15) is 5.75 Å². The lowest BCUT2D eigenvalue weighted by molar-refractivity contribution is 0.349. The van der Waals surface area contributed by atoms with Crippen LogP contribution in [0.25, 0.3) is 22.0 Å². The zero-order chi connectivity index (χ0) is 16.4. The van der Waals surface area contributed by atoms with Gasteiger partial charge in [0, 0.05) is 17.0 Å². The zero-order valence-corrected chi connectivity index (χ0v) is 13.2. The Hall–Kier alpha value is -2.95. The number of hydrogen-bond donors (Lipinski definition) is 1. The summed E-state index contributed by atoms with van der Waals surface area (Å²) in [6.07, 6.45) is 0. The fraction of sp³-hybridized carbons (Fsp3) is 0.167. The summed E-state index contributed by atoms with van der Waals surface area (Å²) < 4.78 is 16.1. The lowest BCUT2D eigenvalue weighted by Gasteiger charge is -2.14. The van der Waals surface area contributed by atoms with Crippen LogP contribution in [0.15, 0.2) is 47.3 Å². The Morgan fingerprint density at radius 2 is 1.48 bits per heavy atom. The molecular formula is C18H17NO4. The van der Waals surface area contributed by atoms with Crippen LogP contribution >= 0.6 is 0 Å². The van der Waals surface area contributed by atoms with Crippen molar-refractivity contribution >= 4 is 10.8 Å². The summed E-state index contributed by atoms with van der Waals surface area (Å²) in [6, 6.07) is 12.9. The Morgan fingerprint density at radius 3 is 2.17 bits per heavy atom. The van der Waals surface area contributed by atoms with Crippen molar-refractivity contribution in [3.63, 3.8) is 0 Å². The average molecular weight is 311 g/mol. The molecule has 1 N–H and O–H groups in total. The van der Waals surface area contributed by atoms with Crippen molar-refractivity contribution in [1.82, 2.24) is 4.98 Å². The van der Waals surface area contributed by atoms with E-state index in [0.717, 1.165) is 10.9 Å². The number of aromatic nitrogens is 1. The van der Waals surface area contributed by atoms with E-state index in [9.17, 15) is 4.79 Å². The normalized spacial score (nSPS) is 10.6. The third kappa shape index (κ3) is 2.61. The number of pyridine rings is 1. The SMILES string of the molecule is COc1cc(OC)c(-c2cc3ccccc3c(=O)[nH]2)cc1OC. The van der Waals surface area contributed by atoms with Crippen LogP contribution in [0.2, 0.25) is 0 Å². The number of ether oxygens (including phenoxy) is 3. The van der Waals surface area contributed by atoms with Gasteiger partial charge in [-0.05, 0) is 23.6 Å². The van der Waals surface area contributed by atoms with E-state index in [1.807, 2.05) is 24.3 Å². The van der Waals surface area contributed by atoms with Crippen molar-refractivity contribution in [3.8, 4) is 28.5 Å². The maximum absolute atomic E-state index is 12.3. The number of H-pyrrole nitrogens is 1. The van der Waals surface area contributed by atoms with E-state index < -0.39 is 0 Å². The molecule has 5 heteroatoms. The quantitative estimate of drug-likeness (QED) is 0.803. The summed E-state index contributed by atoms with van der Waals surface area (Å²) in [5.74, 6) is 1.72. The van der Waals surface area contributed by atoms with Crippen molar-refractivity contribution in [1.29, 1.82) is 0 Å². The van der Waals surface area contributed by atoms with Crippen LogP contribution in [-0.2, 0) is 0 Å². The molecule has 0 saturated heterocycles. The van der Waals surface area contributed by atoms with Gasteiger partial charge in [-0.2, -0.15) is 0 Å². The van der Waals surface area contributed by atoms with E-state index in [1.54, 1.807) is 39.5 Å². The highest BCUT2D eigenvalue weighted by Crippen LogP contribution is 2.39. The summed E-state index contributed by atoms with van der Waals surface area (Å²) in [7, 11) is 4.70. The van der Waals surface area contributed by atoms with Gasteiger partial charge < -0.3 is 19.2 Å². The summed E-state index contributed by atoms with van der Waals surface area (Å²) in [5, 5.41) is 1.51. The number of rotatable bonds is 4. The van der Waals surface area contributed by atoms with Crippen LogP contribution in [0.3, 0.4) is 0 Å². The number of aromatic amines is 1. The van der Waals surface area contributed by atoms with Crippen LogP contribution < -0.4 is 19.8 Å². The molecule has 3 aromatic rings. The van der Waals surface area contributed by atoms with E-state index >= 15 is 0 Å². The van der Waals surface area contributed by atoms with Gasteiger partial charge in [-0.15, -0.1) is 0 Å². The third-order valence-electron chi connectivity index (χ3n) is 3.75. The molecule has 0 saturated carbocycles. The predicted octanol–water partition coefficient (Wildman–Crippen LogP) is 3.22. The molecule has 0 aliphatic heterocycles. The van der Waals surface area contributed by atoms with Crippen molar-refractivity contribution in [2.75, 3.05) is 21.3 Å². The fourth-order valence-corrected chi connectivity index (χ4v) is 2.60. The molecule has 5 nitrogen and oxygen atoms in total. The minimum Gasteiger partial charge on any atom is -0.496 e. The Kier molecular flexibility index (Phi) is 3.93. The minimum absolute atomic E-state index is 0.144. The van der Waals surface area contributed by atoms with E-state index in [4.69, 9.17) is 14.2 Å². The first kappa shape index (κ1) is 15.0. The molecule has 3 rings (SSSR count). The second kappa shape index (κ2) is 6.04. The summed E-state index contributed by atoms with van der Waals surface area (Å²) >= 11 is 0. The highest BCUT2D eigenvalue weighted by molar-refractivity contribution is 5.86. The molecule has 0 spiro atoms. The minimum atomic E-state index is -0.144. The first-order valence-electron chi connectivity index (χ1n) is 7.10. The number of methoxy groups -OCH3 is 3. The van der Waals surface area contributed by atoms with Gasteiger partial charge in [-0.1, -0.05) is 18.2 Å². The van der Waals surface area contributed by atoms with Gasteiger partial charge >= 0.3 is 0 Å². The molecule has 0 atom stereocenters. The smallest absolute Gasteiger partial charge is 0.256 e. The Balaban J connectivity index is 2.27. The van der Waals surface area contributed by atoms with Crippen molar-refractivity contribution < 1.29 is 14.2 Å². The molecular weight excluding hydrogens is 294 g/mol. The fourth-order valence-electron chi connectivity index (χ4n) is 2.60. The molecule has 118 valence electrons. The lowest BCUT2D eigenvalue weighted by Crippen LogP contribution is -2.07. The molecule has 0 bridgehead atoms. The van der Waals surface area contributed by atoms with Crippen molar-refractivity contribution in [2.45, 2.75) is 0 Å². The Bertz CT molecular complexity index is 915.